The Morgan fingerprint density at radius 1 is 1.16 bits per heavy atom. The molecular weight excluding hydrogens is 358 g/mol. The predicted octanol–water partition coefficient (Wildman–Crippen LogP) is 4.36. The molecule has 7 heteroatoms. The van der Waals surface area contributed by atoms with E-state index in [1.54, 1.807) is 6.07 Å². The molecule has 5 nitrogen and oxygen atoms in total. The van der Waals surface area contributed by atoms with Gasteiger partial charge in [-0.05, 0) is 30.7 Å². The maximum absolute atomic E-state index is 12.1. The second kappa shape index (κ2) is 8.18. The Kier molecular flexibility index (Phi) is 5.73. The van der Waals surface area contributed by atoms with Gasteiger partial charge < -0.3 is 9.73 Å². The summed E-state index contributed by atoms with van der Waals surface area (Å²) in [6.07, 6.45) is 0. The zero-order valence-electron chi connectivity index (χ0n) is 13.5. The number of benzene rings is 2. The molecule has 1 atom stereocenters. The molecule has 1 amide bonds. The second-order valence-electron chi connectivity index (χ2n) is 5.34. The smallest absolute Gasteiger partial charge is 0.277 e. The Morgan fingerprint density at radius 2 is 1.88 bits per heavy atom. The van der Waals surface area contributed by atoms with Crippen LogP contribution in [0.3, 0.4) is 0 Å². The molecule has 1 unspecified atom stereocenters. The van der Waals surface area contributed by atoms with E-state index in [4.69, 9.17) is 16.0 Å². The standard InChI is InChI=1S/C18H16ClN3O2S/c1-12(14-9-5-6-10-15(14)19)20-16(23)11-25-18-22-21-17(24-18)13-7-3-2-4-8-13/h2-10,12H,11H2,1H3,(H,20,23). The number of halogens is 1. The van der Waals surface area contributed by atoms with E-state index >= 15 is 0 Å². The van der Waals surface area contributed by atoms with Crippen molar-refractivity contribution in [3.8, 4) is 11.5 Å². The van der Waals surface area contributed by atoms with Crippen molar-refractivity contribution >= 4 is 29.3 Å². The molecule has 0 saturated heterocycles. The number of hydrogen-bond acceptors (Lipinski definition) is 5. The van der Waals surface area contributed by atoms with Gasteiger partial charge >= 0.3 is 0 Å². The number of amides is 1. The monoisotopic (exact) mass is 373 g/mol. The zero-order valence-corrected chi connectivity index (χ0v) is 15.1. The lowest BCUT2D eigenvalue weighted by Crippen LogP contribution is -2.28. The van der Waals surface area contributed by atoms with Crippen LogP contribution >= 0.6 is 23.4 Å². The molecule has 3 rings (SSSR count). The summed E-state index contributed by atoms with van der Waals surface area (Å²) in [5, 5.41) is 11.9. The van der Waals surface area contributed by atoms with E-state index in [9.17, 15) is 4.79 Å². The lowest BCUT2D eigenvalue weighted by Gasteiger charge is -2.15. The lowest BCUT2D eigenvalue weighted by atomic mass is 10.1. The zero-order chi connectivity index (χ0) is 17.6. The number of nitrogens with zero attached hydrogens (tertiary/aromatic N) is 2. The van der Waals surface area contributed by atoms with Crippen LogP contribution in [-0.2, 0) is 4.79 Å². The van der Waals surface area contributed by atoms with Crippen molar-refractivity contribution in [2.45, 2.75) is 18.2 Å². The molecule has 0 aliphatic heterocycles. The minimum atomic E-state index is -0.177. The Labute approximate surface area is 154 Å². The Morgan fingerprint density at radius 3 is 2.64 bits per heavy atom. The Hall–Kier alpha value is -2.31. The van der Waals surface area contributed by atoms with Crippen molar-refractivity contribution in [3.05, 3.63) is 65.2 Å². The van der Waals surface area contributed by atoms with Gasteiger partial charge in [0.15, 0.2) is 0 Å². The minimum absolute atomic E-state index is 0.128. The first-order valence-electron chi connectivity index (χ1n) is 7.69. The highest BCUT2D eigenvalue weighted by Crippen LogP contribution is 2.24. The van der Waals surface area contributed by atoms with Crippen molar-refractivity contribution in [2.24, 2.45) is 0 Å². The fourth-order valence-electron chi connectivity index (χ4n) is 2.28. The molecule has 3 aromatic rings. The summed E-state index contributed by atoms with van der Waals surface area (Å²) in [5.41, 5.74) is 1.73. The van der Waals surface area contributed by atoms with E-state index in [1.165, 1.54) is 11.8 Å². The summed E-state index contributed by atoms with van der Waals surface area (Å²) in [6.45, 7) is 1.89. The maximum Gasteiger partial charge on any atom is 0.277 e. The summed E-state index contributed by atoms with van der Waals surface area (Å²) in [5.74, 6) is 0.496. The van der Waals surface area contributed by atoms with Crippen LogP contribution in [0.4, 0.5) is 0 Å². The summed E-state index contributed by atoms with van der Waals surface area (Å²) >= 11 is 7.35. The summed E-state index contributed by atoms with van der Waals surface area (Å²) in [6, 6.07) is 16.8. The van der Waals surface area contributed by atoms with Gasteiger partial charge in [-0.25, -0.2) is 0 Å². The predicted molar refractivity (Wildman–Crippen MR) is 98.5 cm³/mol. The van der Waals surface area contributed by atoms with Crippen LogP contribution in [0.25, 0.3) is 11.5 Å². The number of nitrogens with one attached hydrogen (secondary N) is 1. The molecular formula is C18H16ClN3O2S. The third-order valence-corrected chi connectivity index (χ3v) is 4.67. The largest absolute Gasteiger partial charge is 0.411 e. The lowest BCUT2D eigenvalue weighted by molar-refractivity contribution is -0.119. The van der Waals surface area contributed by atoms with Crippen LogP contribution in [0.1, 0.15) is 18.5 Å². The number of carbonyl (C=O) groups excluding carboxylic acids is 1. The van der Waals surface area contributed by atoms with Gasteiger partial charge in [-0.3, -0.25) is 4.79 Å². The molecule has 0 aliphatic carbocycles. The molecule has 0 spiro atoms. The third-order valence-electron chi connectivity index (χ3n) is 3.50. The molecule has 0 radical (unpaired) electrons. The fourth-order valence-corrected chi connectivity index (χ4v) is 3.15. The highest BCUT2D eigenvalue weighted by molar-refractivity contribution is 7.99. The number of carbonyl (C=O) groups is 1. The van der Waals surface area contributed by atoms with Gasteiger partial charge in [0.2, 0.25) is 11.8 Å². The average Bonchev–Trinajstić information content (AvgIpc) is 3.10. The SMILES string of the molecule is CC(NC(=O)CSc1nnc(-c2ccccc2)o1)c1ccccc1Cl. The van der Waals surface area contributed by atoms with Gasteiger partial charge in [-0.2, -0.15) is 0 Å². The number of aromatic nitrogens is 2. The van der Waals surface area contributed by atoms with Crippen molar-refractivity contribution < 1.29 is 9.21 Å². The van der Waals surface area contributed by atoms with Crippen molar-refractivity contribution in [2.75, 3.05) is 5.75 Å². The van der Waals surface area contributed by atoms with Gasteiger partial charge in [-0.1, -0.05) is 59.8 Å². The van der Waals surface area contributed by atoms with Crippen LogP contribution < -0.4 is 5.32 Å². The van der Waals surface area contributed by atoms with E-state index in [1.807, 2.05) is 55.5 Å². The summed E-state index contributed by atoms with van der Waals surface area (Å²) in [7, 11) is 0. The van der Waals surface area contributed by atoms with Gasteiger partial charge in [0.1, 0.15) is 0 Å². The quantitative estimate of drug-likeness (QED) is 0.650. The van der Waals surface area contributed by atoms with Gasteiger partial charge in [0, 0.05) is 10.6 Å². The molecule has 25 heavy (non-hydrogen) atoms. The molecule has 2 aromatic carbocycles. The normalized spacial score (nSPS) is 11.9. The molecule has 0 saturated carbocycles. The Bertz CT molecular complexity index is 854. The van der Waals surface area contributed by atoms with Crippen LogP contribution in [0.15, 0.2) is 64.2 Å². The molecule has 1 heterocycles. The molecule has 0 bridgehead atoms. The van der Waals surface area contributed by atoms with E-state index in [-0.39, 0.29) is 17.7 Å². The molecule has 0 fully saturated rings. The van der Waals surface area contributed by atoms with Crippen LogP contribution in [0.5, 0.6) is 0 Å². The first-order valence-corrected chi connectivity index (χ1v) is 9.05. The number of hydrogen-bond donors (Lipinski definition) is 1. The van der Waals surface area contributed by atoms with Gasteiger partial charge in [0.25, 0.3) is 5.22 Å². The van der Waals surface area contributed by atoms with E-state index in [0.29, 0.717) is 16.1 Å². The van der Waals surface area contributed by atoms with Crippen LogP contribution in [0, 0.1) is 0 Å². The molecule has 0 aliphatic rings. The fraction of sp³-hybridized carbons (Fsp3) is 0.167. The summed E-state index contributed by atoms with van der Waals surface area (Å²) < 4.78 is 5.57. The van der Waals surface area contributed by atoms with Gasteiger partial charge in [-0.15, -0.1) is 10.2 Å². The van der Waals surface area contributed by atoms with E-state index in [0.717, 1.165) is 11.1 Å². The number of thioether (sulfide) groups is 1. The second-order valence-corrected chi connectivity index (χ2v) is 6.67. The molecule has 1 aromatic heterocycles. The summed E-state index contributed by atoms with van der Waals surface area (Å²) in [4.78, 5) is 12.1. The van der Waals surface area contributed by atoms with Crippen molar-refractivity contribution in [3.63, 3.8) is 0 Å². The highest BCUT2D eigenvalue weighted by Gasteiger charge is 2.14. The number of rotatable bonds is 6. The van der Waals surface area contributed by atoms with E-state index in [2.05, 4.69) is 15.5 Å². The Balaban J connectivity index is 1.54. The third kappa shape index (κ3) is 4.61. The van der Waals surface area contributed by atoms with Gasteiger partial charge in [0.05, 0.1) is 11.8 Å². The highest BCUT2D eigenvalue weighted by atomic mass is 35.5. The molecule has 1 N–H and O–H groups in total. The average molecular weight is 374 g/mol. The van der Waals surface area contributed by atoms with Crippen molar-refractivity contribution in [1.82, 2.24) is 15.5 Å². The topological polar surface area (TPSA) is 68.0 Å². The van der Waals surface area contributed by atoms with Crippen LogP contribution in [0.2, 0.25) is 5.02 Å². The van der Waals surface area contributed by atoms with Crippen LogP contribution in [-0.4, -0.2) is 21.9 Å². The first kappa shape index (κ1) is 17.5. The maximum atomic E-state index is 12.1. The van der Waals surface area contributed by atoms with Crippen molar-refractivity contribution in [1.29, 1.82) is 0 Å². The molecule has 128 valence electrons. The van der Waals surface area contributed by atoms with E-state index < -0.39 is 0 Å². The minimum Gasteiger partial charge on any atom is -0.411 e. The first-order chi connectivity index (χ1) is 12.1.